The molecule has 0 N–H and O–H groups in total. The van der Waals surface area contributed by atoms with Crippen LogP contribution in [-0.4, -0.2) is 5.97 Å². The second kappa shape index (κ2) is 7.01. The second-order valence-corrected chi connectivity index (χ2v) is 7.76. The van der Waals surface area contributed by atoms with E-state index in [2.05, 4.69) is 31.2 Å². The Bertz CT molecular complexity index is 909. The molecule has 0 amide bonds. The Hall–Kier alpha value is -2.13. The van der Waals surface area contributed by atoms with Crippen LogP contribution >= 0.6 is 11.3 Å². The molecule has 0 fully saturated rings. The minimum atomic E-state index is -0.263. The molecule has 1 atom stereocenters. The van der Waals surface area contributed by atoms with Gasteiger partial charge < -0.3 is 4.74 Å². The van der Waals surface area contributed by atoms with E-state index in [1.807, 2.05) is 35.6 Å². The van der Waals surface area contributed by atoms with Crippen LogP contribution in [0.4, 0.5) is 0 Å². The number of ether oxygens (including phenoxy) is 1. The number of hydrogen-bond donors (Lipinski definition) is 0. The Labute approximate surface area is 152 Å². The molecular formula is C22H22O2S. The summed E-state index contributed by atoms with van der Waals surface area (Å²) in [5, 5.41) is 1.23. The van der Waals surface area contributed by atoms with E-state index in [-0.39, 0.29) is 12.1 Å². The number of esters is 1. The largest absolute Gasteiger partial charge is 0.449 e. The van der Waals surface area contributed by atoms with Gasteiger partial charge in [-0.1, -0.05) is 62.6 Å². The highest BCUT2D eigenvalue weighted by Crippen LogP contribution is 2.44. The Balaban J connectivity index is 1.77. The van der Waals surface area contributed by atoms with Crippen LogP contribution in [0.1, 0.15) is 65.1 Å². The lowest BCUT2D eigenvalue weighted by Gasteiger charge is -2.13. The summed E-state index contributed by atoms with van der Waals surface area (Å²) < 4.78 is 7.10. The number of hydrogen-bond acceptors (Lipinski definition) is 3. The normalized spacial score (nSPS) is 16.2. The molecule has 0 radical (unpaired) electrons. The van der Waals surface area contributed by atoms with E-state index in [4.69, 9.17) is 4.74 Å². The van der Waals surface area contributed by atoms with Gasteiger partial charge in [0.15, 0.2) is 6.10 Å². The van der Waals surface area contributed by atoms with Gasteiger partial charge in [-0.2, -0.15) is 0 Å². The van der Waals surface area contributed by atoms with Crippen LogP contribution in [0.5, 0.6) is 0 Å². The first-order chi connectivity index (χ1) is 12.3. The highest BCUT2D eigenvalue weighted by atomic mass is 32.1. The number of carbonyl (C=O) groups is 1. The lowest BCUT2D eigenvalue weighted by atomic mass is 9.95. The molecule has 3 aromatic rings. The highest BCUT2D eigenvalue weighted by molar-refractivity contribution is 7.19. The first-order valence-corrected chi connectivity index (χ1v) is 9.91. The average Bonchev–Trinajstić information content (AvgIpc) is 3.16. The van der Waals surface area contributed by atoms with Gasteiger partial charge in [-0.05, 0) is 30.4 Å². The van der Waals surface area contributed by atoms with Gasteiger partial charge in [0, 0.05) is 20.7 Å². The van der Waals surface area contributed by atoms with Crippen molar-refractivity contribution in [3.05, 3.63) is 70.1 Å². The predicted octanol–water partition coefficient (Wildman–Crippen LogP) is 6.28. The molecule has 3 heteroatoms. The highest BCUT2D eigenvalue weighted by Gasteiger charge is 2.34. The number of unbranched alkanes of at least 4 members (excludes halogenated alkanes) is 3. The zero-order valence-corrected chi connectivity index (χ0v) is 15.3. The third-order valence-electron chi connectivity index (χ3n) is 4.92. The summed E-state index contributed by atoms with van der Waals surface area (Å²) in [5.41, 5.74) is 2.92. The quantitative estimate of drug-likeness (QED) is 0.386. The molecule has 2 heterocycles. The molecular weight excluding hydrogens is 328 g/mol. The number of rotatable bonds is 6. The molecule has 25 heavy (non-hydrogen) atoms. The molecule has 4 rings (SSSR count). The maximum atomic E-state index is 12.3. The van der Waals surface area contributed by atoms with E-state index in [0.717, 1.165) is 12.0 Å². The van der Waals surface area contributed by atoms with E-state index in [1.165, 1.54) is 46.2 Å². The number of cyclic esters (lactones) is 1. The zero-order chi connectivity index (χ0) is 17.2. The summed E-state index contributed by atoms with van der Waals surface area (Å²) in [5.74, 6) is -0.201. The van der Waals surface area contributed by atoms with Crippen molar-refractivity contribution >= 4 is 27.4 Å². The van der Waals surface area contributed by atoms with Crippen molar-refractivity contribution in [2.45, 2.75) is 45.1 Å². The number of carbonyl (C=O) groups excluding carboxylic acids is 1. The SMILES string of the molecule is CCCCCCc1sc2ccccc2c1C1OC(=O)c2ccccc21. The number of fused-ring (bicyclic) bond motifs is 2. The Morgan fingerprint density at radius 3 is 2.68 bits per heavy atom. The zero-order valence-electron chi connectivity index (χ0n) is 14.5. The second-order valence-electron chi connectivity index (χ2n) is 6.62. The van der Waals surface area contributed by atoms with Crippen LogP contribution in [0.15, 0.2) is 48.5 Å². The molecule has 0 bridgehead atoms. The van der Waals surface area contributed by atoms with E-state index in [0.29, 0.717) is 5.56 Å². The summed E-state index contributed by atoms with van der Waals surface area (Å²) in [6.45, 7) is 2.24. The molecule has 1 aliphatic heterocycles. The molecule has 0 saturated carbocycles. The Morgan fingerprint density at radius 2 is 1.80 bits per heavy atom. The number of aryl methyl sites for hydroxylation is 1. The topological polar surface area (TPSA) is 26.3 Å². The van der Waals surface area contributed by atoms with Gasteiger partial charge >= 0.3 is 5.97 Å². The fraction of sp³-hybridized carbons (Fsp3) is 0.318. The van der Waals surface area contributed by atoms with Crippen LogP contribution < -0.4 is 0 Å². The Kier molecular flexibility index (Phi) is 4.58. The van der Waals surface area contributed by atoms with Crippen molar-refractivity contribution in [3.8, 4) is 0 Å². The summed E-state index contributed by atoms with van der Waals surface area (Å²) in [6, 6.07) is 16.3. The molecule has 0 saturated heterocycles. The molecule has 128 valence electrons. The van der Waals surface area contributed by atoms with Gasteiger partial charge in [0.05, 0.1) is 5.56 Å². The summed E-state index contributed by atoms with van der Waals surface area (Å²) in [6.07, 6.45) is 5.77. The standard InChI is InChI=1S/C22H22O2S/c1-2-3-4-5-14-19-20(17-12-8-9-13-18(17)25-19)21-15-10-6-7-11-16(15)22(23)24-21/h6-13,21H,2-5,14H2,1H3. The van der Waals surface area contributed by atoms with E-state index >= 15 is 0 Å². The first kappa shape index (κ1) is 16.3. The van der Waals surface area contributed by atoms with Crippen molar-refractivity contribution < 1.29 is 9.53 Å². The van der Waals surface area contributed by atoms with Gasteiger partial charge in [0.25, 0.3) is 0 Å². The lowest BCUT2D eigenvalue weighted by Crippen LogP contribution is -2.03. The van der Waals surface area contributed by atoms with E-state index in [9.17, 15) is 4.79 Å². The lowest BCUT2D eigenvalue weighted by molar-refractivity contribution is 0.0457. The summed E-state index contributed by atoms with van der Waals surface area (Å²) in [7, 11) is 0. The molecule has 0 aliphatic carbocycles. The fourth-order valence-electron chi connectivity index (χ4n) is 3.66. The van der Waals surface area contributed by atoms with Crippen molar-refractivity contribution in [1.82, 2.24) is 0 Å². The van der Waals surface area contributed by atoms with Crippen LogP contribution in [0.3, 0.4) is 0 Å². The molecule has 2 aromatic carbocycles. The van der Waals surface area contributed by atoms with Crippen LogP contribution in [0.25, 0.3) is 10.1 Å². The molecule has 1 unspecified atom stereocenters. The van der Waals surface area contributed by atoms with Crippen molar-refractivity contribution in [2.75, 3.05) is 0 Å². The van der Waals surface area contributed by atoms with Gasteiger partial charge in [-0.25, -0.2) is 4.79 Å². The van der Waals surface area contributed by atoms with E-state index in [1.54, 1.807) is 0 Å². The molecule has 1 aromatic heterocycles. The van der Waals surface area contributed by atoms with Crippen LogP contribution in [0.2, 0.25) is 0 Å². The van der Waals surface area contributed by atoms with Crippen molar-refractivity contribution in [2.24, 2.45) is 0 Å². The smallest absolute Gasteiger partial charge is 0.339 e. The summed E-state index contributed by atoms with van der Waals surface area (Å²) in [4.78, 5) is 13.7. The number of benzene rings is 2. The minimum absolute atomic E-state index is 0.201. The summed E-state index contributed by atoms with van der Waals surface area (Å²) >= 11 is 1.85. The predicted molar refractivity (Wildman–Crippen MR) is 103 cm³/mol. The average molecular weight is 350 g/mol. The van der Waals surface area contributed by atoms with Crippen molar-refractivity contribution in [1.29, 1.82) is 0 Å². The van der Waals surface area contributed by atoms with Gasteiger partial charge in [0.1, 0.15) is 0 Å². The van der Waals surface area contributed by atoms with Gasteiger partial charge in [-0.3, -0.25) is 0 Å². The van der Waals surface area contributed by atoms with Gasteiger partial charge in [0.2, 0.25) is 0 Å². The maximum absolute atomic E-state index is 12.3. The fourth-order valence-corrected chi connectivity index (χ4v) is 4.93. The van der Waals surface area contributed by atoms with Crippen LogP contribution in [-0.2, 0) is 11.2 Å². The van der Waals surface area contributed by atoms with Crippen LogP contribution in [0, 0.1) is 0 Å². The minimum Gasteiger partial charge on any atom is -0.449 e. The van der Waals surface area contributed by atoms with Crippen molar-refractivity contribution in [3.63, 3.8) is 0 Å². The molecule has 2 nitrogen and oxygen atoms in total. The number of thiophene rings is 1. The third-order valence-corrected chi connectivity index (χ3v) is 6.16. The monoisotopic (exact) mass is 350 g/mol. The molecule has 1 aliphatic rings. The maximum Gasteiger partial charge on any atom is 0.339 e. The van der Waals surface area contributed by atoms with Gasteiger partial charge in [-0.15, -0.1) is 11.3 Å². The molecule has 0 spiro atoms. The Morgan fingerprint density at radius 1 is 1.00 bits per heavy atom. The third kappa shape index (κ3) is 2.98. The van der Waals surface area contributed by atoms with E-state index < -0.39 is 0 Å². The first-order valence-electron chi connectivity index (χ1n) is 9.09.